The maximum absolute atomic E-state index is 12.9. The summed E-state index contributed by atoms with van der Waals surface area (Å²) in [6.07, 6.45) is 11.4. The van der Waals surface area contributed by atoms with Crippen molar-refractivity contribution in [2.75, 3.05) is 16.8 Å². The van der Waals surface area contributed by atoms with Crippen LogP contribution in [-0.2, 0) is 16.2 Å². The fraction of sp³-hybridized carbons (Fsp3) is 0.414. The molecule has 4 aromatic rings. The molecular formula is C29H28N8O3. The summed E-state index contributed by atoms with van der Waals surface area (Å²) in [6, 6.07) is 5.66. The minimum absolute atomic E-state index is 0.0225. The number of rotatable bonds is 8. The summed E-state index contributed by atoms with van der Waals surface area (Å²) in [6.45, 7) is 2.91. The number of hydrogen-bond acceptors (Lipinski definition) is 8. The average molecular weight is 537 g/mol. The molecule has 4 atom stereocenters. The largest absolute Gasteiger partial charge is 0.485 e. The molecule has 3 aliphatic carbocycles. The van der Waals surface area contributed by atoms with Crippen LogP contribution in [0.25, 0.3) is 5.65 Å². The number of aromatic nitrogens is 6. The molecule has 202 valence electrons. The van der Waals surface area contributed by atoms with Crippen molar-refractivity contribution >= 4 is 29.0 Å². The lowest BCUT2D eigenvalue weighted by Gasteiger charge is -2.20. The number of carbonyl (C=O) groups excluding carboxylic acids is 2. The molecule has 1 saturated heterocycles. The Kier molecular flexibility index (Phi) is 5.17. The van der Waals surface area contributed by atoms with E-state index >= 15 is 0 Å². The van der Waals surface area contributed by atoms with Gasteiger partial charge in [-0.15, -0.1) is 5.10 Å². The van der Waals surface area contributed by atoms with E-state index in [2.05, 4.69) is 37.7 Å². The summed E-state index contributed by atoms with van der Waals surface area (Å²) in [4.78, 5) is 41.2. The second kappa shape index (κ2) is 8.80. The number of nitrogens with one attached hydrogen (secondary N) is 1. The van der Waals surface area contributed by atoms with E-state index in [0.717, 1.165) is 35.7 Å². The van der Waals surface area contributed by atoms with Crippen molar-refractivity contribution in [2.45, 2.75) is 51.0 Å². The molecule has 3 saturated carbocycles. The molecule has 4 fully saturated rings. The summed E-state index contributed by atoms with van der Waals surface area (Å²) < 4.78 is 8.02. The SMILES string of the molecule is Cc1ccnc([C@H]2C[C@@H]2C(=O)Nc2cc(OCc3cn4cc(C5CC5)cc(N5CC6CC6C5=O)c4n3)cnn2)n1. The van der Waals surface area contributed by atoms with Gasteiger partial charge < -0.3 is 19.4 Å². The molecule has 1 aliphatic heterocycles. The van der Waals surface area contributed by atoms with E-state index in [0.29, 0.717) is 35.6 Å². The molecule has 0 aromatic carbocycles. The average Bonchev–Trinajstić information content (AvgIpc) is 3.85. The predicted molar refractivity (Wildman–Crippen MR) is 144 cm³/mol. The third-order valence-corrected chi connectivity index (χ3v) is 8.40. The topological polar surface area (TPSA) is 128 Å². The third-order valence-electron chi connectivity index (χ3n) is 8.40. The highest BCUT2D eigenvalue weighted by Crippen LogP contribution is 2.49. The van der Waals surface area contributed by atoms with Gasteiger partial charge >= 0.3 is 0 Å². The summed E-state index contributed by atoms with van der Waals surface area (Å²) in [5, 5.41) is 10.9. The third kappa shape index (κ3) is 4.25. The Morgan fingerprint density at radius 1 is 1.15 bits per heavy atom. The fourth-order valence-corrected chi connectivity index (χ4v) is 5.84. The van der Waals surface area contributed by atoms with E-state index in [4.69, 9.17) is 9.72 Å². The van der Waals surface area contributed by atoms with Crippen LogP contribution in [-0.4, -0.2) is 47.9 Å². The molecule has 0 spiro atoms. The number of hydrogen-bond donors (Lipinski definition) is 1. The quantitative estimate of drug-likeness (QED) is 0.363. The number of nitrogens with zero attached hydrogens (tertiary/aromatic N) is 7. The number of carbonyl (C=O) groups is 2. The minimum atomic E-state index is -0.186. The van der Waals surface area contributed by atoms with Crippen LogP contribution in [0.15, 0.2) is 43.0 Å². The highest BCUT2D eigenvalue weighted by molar-refractivity contribution is 6.02. The maximum atomic E-state index is 12.9. The van der Waals surface area contributed by atoms with Gasteiger partial charge in [0.15, 0.2) is 11.5 Å². The van der Waals surface area contributed by atoms with Gasteiger partial charge in [0, 0.05) is 54.6 Å². The van der Waals surface area contributed by atoms with Crippen LogP contribution in [0.5, 0.6) is 5.75 Å². The lowest BCUT2D eigenvalue weighted by Crippen LogP contribution is -2.28. The number of pyridine rings is 1. The van der Waals surface area contributed by atoms with E-state index in [1.54, 1.807) is 12.3 Å². The summed E-state index contributed by atoms with van der Waals surface area (Å²) >= 11 is 0. The van der Waals surface area contributed by atoms with Crippen LogP contribution in [0, 0.1) is 24.7 Å². The van der Waals surface area contributed by atoms with Gasteiger partial charge in [-0.05, 0) is 62.1 Å². The molecule has 2 amide bonds. The summed E-state index contributed by atoms with van der Waals surface area (Å²) in [5.41, 5.74) is 4.56. The first-order chi connectivity index (χ1) is 19.5. The Morgan fingerprint density at radius 3 is 2.85 bits per heavy atom. The first kappa shape index (κ1) is 23.5. The van der Waals surface area contributed by atoms with Crippen molar-refractivity contribution < 1.29 is 14.3 Å². The van der Waals surface area contributed by atoms with Crippen LogP contribution in [0.3, 0.4) is 0 Å². The normalized spacial score (nSPS) is 24.7. The molecule has 4 aromatic heterocycles. The van der Waals surface area contributed by atoms with Gasteiger partial charge in [0.05, 0.1) is 17.6 Å². The Morgan fingerprint density at radius 2 is 2.05 bits per heavy atom. The molecule has 11 heteroatoms. The first-order valence-corrected chi connectivity index (χ1v) is 13.9. The Bertz CT molecular complexity index is 1680. The van der Waals surface area contributed by atoms with E-state index in [-0.39, 0.29) is 36.2 Å². The fourth-order valence-electron chi connectivity index (χ4n) is 5.84. The number of fused-ring (bicyclic) bond motifs is 2. The number of ether oxygens (including phenoxy) is 1. The van der Waals surface area contributed by atoms with Gasteiger partial charge in [-0.25, -0.2) is 15.0 Å². The van der Waals surface area contributed by atoms with Crippen LogP contribution in [0.2, 0.25) is 0 Å². The van der Waals surface area contributed by atoms with Crippen molar-refractivity contribution in [2.24, 2.45) is 17.8 Å². The smallest absolute Gasteiger partial charge is 0.230 e. The van der Waals surface area contributed by atoms with Crippen LogP contribution in [0.4, 0.5) is 11.5 Å². The molecule has 8 rings (SSSR count). The zero-order valence-corrected chi connectivity index (χ0v) is 22.0. The van der Waals surface area contributed by atoms with E-state index in [1.165, 1.54) is 24.6 Å². The number of anilines is 2. The Hall–Kier alpha value is -4.41. The number of amides is 2. The zero-order chi connectivity index (χ0) is 27.0. The van der Waals surface area contributed by atoms with Gasteiger partial charge in [-0.3, -0.25) is 9.59 Å². The number of piperidine rings is 1. The van der Waals surface area contributed by atoms with E-state index in [1.807, 2.05) is 28.5 Å². The summed E-state index contributed by atoms with van der Waals surface area (Å²) in [5.74, 6) is 2.68. The molecule has 0 bridgehead atoms. The lowest BCUT2D eigenvalue weighted by atomic mass is 10.1. The molecule has 11 nitrogen and oxygen atoms in total. The Balaban J connectivity index is 0.962. The van der Waals surface area contributed by atoms with E-state index < -0.39 is 0 Å². The second-order valence-electron chi connectivity index (χ2n) is 11.5. The first-order valence-electron chi connectivity index (χ1n) is 13.9. The highest BCUT2D eigenvalue weighted by Gasteiger charge is 2.53. The van der Waals surface area contributed by atoms with Gasteiger partial charge in [-0.1, -0.05) is 0 Å². The van der Waals surface area contributed by atoms with Crippen molar-refractivity contribution in [3.63, 3.8) is 0 Å². The van der Waals surface area contributed by atoms with Gasteiger partial charge in [0.2, 0.25) is 11.8 Å². The van der Waals surface area contributed by atoms with Crippen LogP contribution < -0.4 is 15.0 Å². The van der Waals surface area contributed by atoms with Crippen molar-refractivity contribution in [1.29, 1.82) is 0 Å². The Labute approximate surface area is 230 Å². The van der Waals surface area contributed by atoms with Crippen LogP contribution >= 0.6 is 0 Å². The number of imidazole rings is 1. The molecule has 2 unspecified atom stereocenters. The lowest BCUT2D eigenvalue weighted by molar-refractivity contribution is -0.119. The van der Waals surface area contributed by atoms with Gasteiger partial charge in [-0.2, -0.15) is 5.10 Å². The highest BCUT2D eigenvalue weighted by atomic mass is 16.5. The summed E-state index contributed by atoms with van der Waals surface area (Å²) in [7, 11) is 0. The van der Waals surface area contributed by atoms with Gasteiger partial charge in [0.1, 0.15) is 18.2 Å². The minimum Gasteiger partial charge on any atom is -0.485 e. The van der Waals surface area contributed by atoms with Crippen molar-refractivity contribution in [3.8, 4) is 5.75 Å². The van der Waals surface area contributed by atoms with Crippen molar-refractivity contribution in [3.05, 3.63) is 65.8 Å². The standard InChI is InChI=1S/C29H28N8O3/c1-15-4-5-30-26(32-15)22-9-23(22)28(38)34-25-8-20(10-31-35-25)40-14-19-13-36-11-17(16-2-3-16)7-24(27(36)33-19)37-12-18-6-21(18)29(37)39/h4-5,7-8,10-11,13,16,18,21-23H,2-3,6,9,12,14H2,1H3,(H,34,35,38)/t18?,21?,22-,23-/m0/s1. The molecule has 40 heavy (non-hydrogen) atoms. The molecule has 1 N–H and O–H groups in total. The molecule has 4 aliphatic rings. The van der Waals surface area contributed by atoms with Crippen LogP contribution in [0.1, 0.15) is 60.3 Å². The maximum Gasteiger partial charge on any atom is 0.230 e. The molecule has 5 heterocycles. The zero-order valence-electron chi connectivity index (χ0n) is 22.0. The molecular weight excluding hydrogens is 508 g/mol. The number of aryl methyl sites for hydroxylation is 1. The van der Waals surface area contributed by atoms with E-state index in [9.17, 15) is 9.59 Å². The second-order valence-corrected chi connectivity index (χ2v) is 11.5. The molecule has 0 radical (unpaired) electrons. The predicted octanol–water partition coefficient (Wildman–Crippen LogP) is 3.40. The van der Waals surface area contributed by atoms with Crippen molar-refractivity contribution in [1.82, 2.24) is 29.5 Å². The monoisotopic (exact) mass is 536 g/mol. The van der Waals surface area contributed by atoms with Gasteiger partial charge in [0.25, 0.3) is 0 Å².